The maximum atomic E-state index is 6.31. The second-order valence-electron chi connectivity index (χ2n) is 5.35. The van der Waals surface area contributed by atoms with Crippen LogP contribution in [0.15, 0.2) is 37.2 Å². The topological polar surface area (TPSA) is 9.23 Å². The first kappa shape index (κ1) is 12.9. The Labute approximate surface area is 97.5 Å². The van der Waals surface area contributed by atoms with E-state index in [0.717, 1.165) is 6.04 Å². The molecule has 0 saturated carbocycles. The minimum absolute atomic E-state index is 0.129. The van der Waals surface area contributed by atoms with Gasteiger partial charge in [0, 0.05) is 0 Å². The molecule has 0 aliphatic carbocycles. The van der Waals surface area contributed by atoms with Gasteiger partial charge in [-0.3, -0.25) is 0 Å². The summed E-state index contributed by atoms with van der Waals surface area (Å²) in [7, 11) is -2.99. The molecule has 0 N–H and O–H groups in total. The number of hydrogen-bond donors (Lipinski definition) is 0. The molecule has 0 spiro atoms. The molecule has 84 valence electrons. The highest BCUT2D eigenvalue weighted by atomic mass is 29.6. The molecular formula is C11H22OSi3. The van der Waals surface area contributed by atoms with Crippen molar-refractivity contribution in [2.45, 2.75) is 31.7 Å². The van der Waals surface area contributed by atoms with Gasteiger partial charge in [-0.05, 0) is 19.5 Å². The molecule has 1 aliphatic heterocycles. The van der Waals surface area contributed by atoms with E-state index in [1.807, 2.05) is 6.08 Å². The van der Waals surface area contributed by atoms with Crippen molar-refractivity contribution in [1.29, 1.82) is 0 Å². The third-order valence-corrected chi connectivity index (χ3v) is 30.2. The van der Waals surface area contributed by atoms with E-state index >= 15 is 0 Å². The van der Waals surface area contributed by atoms with Gasteiger partial charge in [-0.15, -0.1) is 25.4 Å². The molecule has 4 heteroatoms. The molecule has 0 bridgehead atoms. The van der Waals surface area contributed by atoms with Crippen molar-refractivity contribution in [3.63, 3.8) is 0 Å². The second-order valence-corrected chi connectivity index (χ2v) is 26.3. The molecule has 1 heterocycles. The molecule has 1 aliphatic rings. The lowest BCUT2D eigenvalue weighted by Crippen LogP contribution is -2.64. The van der Waals surface area contributed by atoms with E-state index in [1.165, 1.54) is 0 Å². The molecule has 0 aromatic rings. The highest BCUT2D eigenvalue weighted by Gasteiger charge is 2.48. The maximum absolute atomic E-state index is 6.31. The zero-order valence-electron chi connectivity index (χ0n) is 10.2. The normalized spacial score (nSPS) is 47.4. The highest BCUT2D eigenvalue weighted by molar-refractivity contribution is 7.54. The van der Waals surface area contributed by atoms with E-state index < -0.39 is 15.4 Å². The van der Waals surface area contributed by atoms with E-state index in [0.29, 0.717) is 0 Å². The van der Waals surface area contributed by atoms with E-state index in [1.54, 1.807) is 0 Å². The Hall–Kier alpha value is -0.169. The Kier molecular flexibility index (Phi) is 3.45. The summed E-state index contributed by atoms with van der Waals surface area (Å²) >= 11 is 0. The zero-order valence-corrected chi connectivity index (χ0v) is 13.6. The highest BCUT2D eigenvalue weighted by Crippen LogP contribution is 2.35. The molecule has 0 amide bonds. The van der Waals surface area contributed by atoms with E-state index in [-0.39, 0.29) is 14.2 Å². The molecule has 0 aromatic heterocycles. The van der Waals surface area contributed by atoms with Crippen LogP contribution in [0.1, 0.15) is 6.92 Å². The summed E-state index contributed by atoms with van der Waals surface area (Å²) in [5.41, 5.74) is 4.25. The van der Waals surface area contributed by atoms with Crippen LogP contribution in [0.3, 0.4) is 0 Å². The van der Waals surface area contributed by atoms with Crippen LogP contribution in [0.25, 0.3) is 0 Å². The van der Waals surface area contributed by atoms with E-state index in [2.05, 4.69) is 51.2 Å². The Morgan fingerprint density at radius 1 is 1.27 bits per heavy atom. The summed E-state index contributed by atoms with van der Waals surface area (Å²) < 4.78 is 6.31. The van der Waals surface area contributed by atoms with Crippen molar-refractivity contribution in [3.05, 3.63) is 37.2 Å². The molecule has 3 unspecified atom stereocenters. The minimum atomic E-state index is -1.60. The smallest absolute Gasteiger partial charge is 0.191 e. The zero-order chi connectivity index (χ0) is 11.7. The summed E-state index contributed by atoms with van der Waals surface area (Å²) in [6.07, 6.45) is 1.98. The molecule has 1 fully saturated rings. The van der Waals surface area contributed by atoms with Crippen LogP contribution in [-0.2, 0) is 4.43 Å². The van der Waals surface area contributed by atoms with Crippen molar-refractivity contribution in [2.75, 3.05) is 0 Å². The van der Waals surface area contributed by atoms with Crippen LogP contribution in [0.2, 0.25) is 19.1 Å². The van der Waals surface area contributed by atoms with Crippen molar-refractivity contribution < 1.29 is 4.43 Å². The Morgan fingerprint density at radius 3 is 2.27 bits per heavy atom. The summed E-state index contributed by atoms with van der Waals surface area (Å²) in [6.45, 7) is 18.9. The standard InChI is InChI=1S/C11H22OSi3/c1-7-11(4)10-14(5,8-2)13-15(6,9-3)12-11/h7-9H,1-3,10,13H2,4-6H3. The third kappa shape index (κ3) is 2.69. The van der Waals surface area contributed by atoms with Crippen molar-refractivity contribution >= 4 is 24.0 Å². The lowest BCUT2D eigenvalue weighted by Gasteiger charge is -2.48. The molecule has 3 atom stereocenters. The molecule has 0 aromatic carbocycles. The lowest BCUT2D eigenvalue weighted by molar-refractivity contribution is 0.158. The molecule has 1 nitrogen and oxygen atoms in total. The van der Waals surface area contributed by atoms with Gasteiger partial charge in [-0.25, -0.2) is 0 Å². The molecule has 0 radical (unpaired) electrons. The number of rotatable bonds is 3. The van der Waals surface area contributed by atoms with Crippen LogP contribution in [0, 0.1) is 0 Å². The average Bonchev–Trinajstić information content (AvgIpc) is 2.16. The summed E-state index contributed by atoms with van der Waals surface area (Å²) in [6, 6.07) is 1.16. The fourth-order valence-corrected chi connectivity index (χ4v) is 35.7. The van der Waals surface area contributed by atoms with Crippen LogP contribution in [-0.4, -0.2) is 29.6 Å². The van der Waals surface area contributed by atoms with Crippen molar-refractivity contribution in [1.82, 2.24) is 0 Å². The van der Waals surface area contributed by atoms with E-state index in [4.69, 9.17) is 4.43 Å². The first-order chi connectivity index (χ1) is 6.80. The number of hydrogen-bond acceptors (Lipinski definition) is 1. The fraction of sp³-hybridized carbons (Fsp3) is 0.455. The monoisotopic (exact) mass is 254 g/mol. The van der Waals surface area contributed by atoms with Crippen molar-refractivity contribution in [3.8, 4) is 0 Å². The van der Waals surface area contributed by atoms with Gasteiger partial charge < -0.3 is 4.43 Å². The van der Waals surface area contributed by atoms with Crippen LogP contribution in [0.4, 0.5) is 0 Å². The van der Waals surface area contributed by atoms with Gasteiger partial charge in [0.15, 0.2) is 7.83 Å². The summed E-state index contributed by atoms with van der Waals surface area (Å²) in [4.78, 5) is 0. The Balaban J connectivity index is 3.07. The SMILES string of the molecule is C=CC1(C)C[Si](C)(C=C)[SiH2][Si](C)(C=C)O1. The first-order valence-electron chi connectivity index (χ1n) is 5.41. The maximum Gasteiger partial charge on any atom is 0.191 e. The lowest BCUT2D eigenvalue weighted by atomic mass is 10.1. The van der Waals surface area contributed by atoms with Gasteiger partial charge in [0.2, 0.25) is 0 Å². The fourth-order valence-electron chi connectivity index (χ4n) is 2.64. The van der Waals surface area contributed by atoms with Crippen LogP contribution in [0.5, 0.6) is 0 Å². The molecule has 1 rings (SSSR count). The summed E-state index contributed by atoms with van der Waals surface area (Å²) in [5.74, 6) is 0. The van der Waals surface area contributed by atoms with Crippen molar-refractivity contribution in [2.24, 2.45) is 0 Å². The third-order valence-electron chi connectivity index (χ3n) is 3.33. The minimum Gasteiger partial charge on any atom is -0.409 e. The van der Waals surface area contributed by atoms with E-state index in [9.17, 15) is 0 Å². The van der Waals surface area contributed by atoms with Gasteiger partial charge in [0.25, 0.3) is 0 Å². The molecular weight excluding hydrogens is 232 g/mol. The van der Waals surface area contributed by atoms with Gasteiger partial charge >= 0.3 is 0 Å². The van der Waals surface area contributed by atoms with Crippen LogP contribution < -0.4 is 0 Å². The molecule has 15 heavy (non-hydrogen) atoms. The average molecular weight is 255 g/mol. The Bertz CT molecular complexity index is 245. The van der Waals surface area contributed by atoms with Gasteiger partial charge in [-0.2, -0.15) is 0 Å². The predicted molar refractivity (Wildman–Crippen MR) is 76.7 cm³/mol. The van der Waals surface area contributed by atoms with Gasteiger partial charge in [0.1, 0.15) is 0 Å². The molecule has 1 saturated heterocycles. The van der Waals surface area contributed by atoms with Gasteiger partial charge in [-0.1, -0.05) is 18.3 Å². The van der Waals surface area contributed by atoms with Crippen LogP contribution >= 0.6 is 0 Å². The Morgan fingerprint density at radius 2 is 1.87 bits per heavy atom. The largest absolute Gasteiger partial charge is 0.409 e. The summed E-state index contributed by atoms with van der Waals surface area (Å²) in [5, 5.41) is 0. The predicted octanol–water partition coefficient (Wildman–Crippen LogP) is 2.23. The first-order valence-corrected chi connectivity index (χ1v) is 15.3. The quantitative estimate of drug-likeness (QED) is 0.554. The second kappa shape index (κ2) is 4.01. The van der Waals surface area contributed by atoms with Gasteiger partial charge in [0.05, 0.1) is 21.7 Å².